The van der Waals surface area contributed by atoms with Crippen LogP contribution in [0.5, 0.6) is 0 Å². The summed E-state index contributed by atoms with van der Waals surface area (Å²) in [4.78, 5) is 5.28. The maximum absolute atomic E-state index is 3.44. The van der Waals surface area contributed by atoms with Crippen molar-refractivity contribution in [3.63, 3.8) is 0 Å². The van der Waals surface area contributed by atoms with E-state index in [-0.39, 0.29) is 0 Å². The van der Waals surface area contributed by atoms with Crippen LogP contribution in [0, 0.1) is 11.3 Å². The number of hydrogen-bond acceptors (Lipinski definition) is 3. The van der Waals surface area contributed by atoms with Gasteiger partial charge in [0.1, 0.15) is 0 Å². The number of nitrogens with zero attached hydrogens (tertiary/aromatic N) is 2. The van der Waals surface area contributed by atoms with Gasteiger partial charge in [-0.25, -0.2) is 0 Å². The highest BCUT2D eigenvalue weighted by Crippen LogP contribution is 2.39. The molecule has 1 aliphatic heterocycles. The minimum atomic E-state index is 0.453. The molecule has 2 unspecified atom stereocenters. The van der Waals surface area contributed by atoms with Gasteiger partial charge in [-0.2, -0.15) is 0 Å². The van der Waals surface area contributed by atoms with Crippen molar-refractivity contribution in [2.75, 3.05) is 46.3 Å². The van der Waals surface area contributed by atoms with E-state index in [2.05, 4.69) is 42.9 Å². The standard InChI is InChI=1S/C17H35N3/c1-17(2,3)15-7-5-6-8-16(15)19(4)13-14-20-11-9-18-10-12-20/h15-16,18H,5-14H2,1-4H3. The lowest BCUT2D eigenvalue weighted by Crippen LogP contribution is -2.50. The summed E-state index contributed by atoms with van der Waals surface area (Å²) in [6.45, 7) is 14.5. The van der Waals surface area contributed by atoms with Crippen LogP contribution < -0.4 is 5.32 Å². The van der Waals surface area contributed by atoms with Crippen molar-refractivity contribution in [3.05, 3.63) is 0 Å². The van der Waals surface area contributed by atoms with Crippen LogP contribution >= 0.6 is 0 Å². The Morgan fingerprint density at radius 1 is 1.10 bits per heavy atom. The van der Waals surface area contributed by atoms with E-state index in [4.69, 9.17) is 0 Å². The first-order chi connectivity index (χ1) is 9.48. The average molecular weight is 281 g/mol. The summed E-state index contributed by atoms with van der Waals surface area (Å²) >= 11 is 0. The Morgan fingerprint density at radius 2 is 1.75 bits per heavy atom. The predicted molar refractivity (Wildman–Crippen MR) is 87.1 cm³/mol. The zero-order valence-corrected chi connectivity index (χ0v) is 14.1. The van der Waals surface area contributed by atoms with Crippen molar-refractivity contribution in [1.82, 2.24) is 15.1 Å². The minimum absolute atomic E-state index is 0.453. The molecule has 118 valence electrons. The lowest BCUT2D eigenvalue weighted by Gasteiger charge is -2.45. The fraction of sp³-hybridized carbons (Fsp3) is 1.00. The summed E-state index contributed by atoms with van der Waals surface area (Å²) in [6, 6.07) is 0.798. The molecule has 3 nitrogen and oxygen atoms in total. The molecule has 1 saturated heterocycles. The van der Waals surface area contributed by atoms with E-state index in [0.717, 1.165) is 25.0 Å². The quantitative estimate of drug-likeness (QED) is 0.854. The van der Waals surface area contributed by atoms with Crippen LogP contribution in [0.1, 0.15) is 46.5 Å². The topological polar surface area (TPSA) is 18.5 Å². The molecule has 20 heavy (non-hydrogen) atoms. The molecule has 2 atom stereocenters. The summed E-state index contributed by atoms with van der Waals surface area (Å²) in [7, 11) is 2.36. The highest BCUT2D eigenvalue weighted by atomic mass is 15.2. The number of hydrogen-bond donors (Lipinski definition) is 1. The average Bonchev–Trinajstić information content (AvgIpc) is 2.45. The number of nitrogens with one attached hydrogen (secondary N) is 1. The van der Waals surface area contributed by atoms with Crippen molar-refractivity contribution in [3.8, 4) is 0 Å². The van der Waals surface area contributed by atoms with E-state index in [1.165, 1.54) is 51.9 Å². The first-order valence-electron chi connectivity index (χ1n) is 8.62. The van der Waals surface area contributed by atoms with Gasteiger partial charge in [0.25, 0.3) is 0 Å². The third kappa shape index (κ3) is 4.44. The Kier molecular flexibility index (Phi) is 5.88. The summed E-state index contributed by atoms with van der Waals surface area (Å²) in [5.41, 5.74) is 0.453. The SMILES string of the molecule is CN(CCN1CCNCC1)C1CCCCC1C(C)(C)C. The molecule has 1 heterocycles. The molecule has 1 N–H and O–H groups in total. The first-order valence-corrected chi connectivity index (χ1v) is 8.62. The Bertz CT molecular complexity index is 278. The van der Waals surface area contributed by atoms with Gasteiger partial charge in [0.2, 0.25) is 0 Å². The molecule has 0 aromatic carbocycles. The normalized spacial score (nSPS) is 29.9. The lowest BCUT2D eigenvalue weighted by atomic mass is 9.69. The molecule has 0 bridgehead atoms. The molecule has 2 rings (SSSR count). The van der Waals surface area contributed by atoms with E-state index in [1.807, 2.05) is 0 Å². The van der Waals surface area contributed by atoms with Crippen LogP contribution in [-0.2, 0) is 0 Å². The maximum atomic E-state index is 3.44. The van der Waals surface area contributed by atoms with Crippen molar-refractivity contribution in [1.29, 1.82) is 0 Å². The van der Waals surface area contributed by atoms with Crippen LogP contribution in [0.4, 0.5) is 0 Å². The van der Waals surface area contributed by atoms with Crippen molar-refractivity contribution in [2.45, 2.75) is 52.5 Å². The molecule has 3 heteroatoms. The van der Waals surface area contributed by atoms with Crippen LogP contribution in [0.15, 0.2) is 0 Å². The first kappa shape index (κ1) is 16.3. The molecule has 2 aliphatic rings. The van der Waals surface area contributed by atoms with Gasteiger partial charge in [-0.05, 0) is 31.2 Å². The van der Waals surface area contributed by atoms with Gasteiger partial charge in [0, 0.05) is 45.3 Å². The van der Waals surface area contributed by atoms with Crippen molar-refractivity contribution >= 4 is 0 Å². The Labute approximate surface area is 126 Å². The number of piperazine rings is 1. The second kappa shape index (κ2) is 7.24. The molecule has 0 amide bonds. The smallest absolute Gasteiger partial charge is 0.0126 e. The van der Waals surface area contributed by atoms with Gasteiger partial charge in [-0.1, -0.05) is 33.6 Å². The zero-order valence-electron chi connectivity index (χ0n) is 14.1. The van der Waals surface area contributed by atoms with E-state index in [0.29, 0.717) is 5.41 Å². The summed E-state index contributed by atoms with van der Waals surface area (Å²) in [6.07, 6.45) is 5.69. The van der Waals surface area contributed by atoms with E-state index < -0.39 is 0 Å². The zero-order chi connectivity index (χ0) is 14.6. The molecule has 1 saturated carbocycles. The molecular weight excluding hydrogens is 246 g/mol. The fourth-order valence-corrected chi connectivity index (χ4v) is 4.05. The van der Waals surface area contributed by atoms with Gasteiger partial charge in [-0.15, -0.1) is 0 Å². The van der Waals surface area contributed by atoms with E-state index in [9.17, 15) is 0 Å². The fourth-order valence-electron chi connectivity index (χ4n) is 4.05. The van der Waals surface area contributed by atoms with Gasteiger partial charge in [0.05, 0.1) is 0 Å². The highest BCUT2D eigenvalue weighted by molar-refractivity contribution is 4.89. The second-order valence-electron chi connectivity index (χ2n) is 7.90. The molecule has 0 aromatic heterocycles. The van der Waals surface area contributed by atoms with Gasteiger partial charge < -0.3 is 10.2 Å². The summed E-state index contributed by atoms with van der Waals surface area (Å²) < 4.78 is 0. The van der Waals surface area contributed by atoms with Crippen molar-refractivity contribution in [2.24, 2.45) is 11.3 Å². The van der Waals surface area contributed by atoms with Crippen LogP contribution in [0.2, 0.25) is 0 Å². The highest BCUT2D eigenvalue weighted by Gasteiger charge is 2.36. The number of likely N-dealkylation sites (N-methyl/N-ethyl adjacent to an activating group) is 1. The van der Waals surface area contributed by atoms with Crippen LogP contribution in [0.25, 0.3) is 0 Å². The van der Waals surface area contributed by atoms with Gasteiger partial charge in [-0.3, -0.25) is 4.90 Å². The predicted octanol–water partition coefficient (Wildman–Crippen LogP) is 2.43. The lowest BCUT2D eigenvalue weighted by molar-refractivity contribution is 0.0502. The van der Waals surface area contributed by atoms with E-state index >= 15 is 0 Å². The van der Waals surface area contributed by atoms with Gasteiger partial charge >= 0.3 is 0 Å². The maximum Gasteiger partial charge on any atom is 0.0126 e. The van der Waals surface area contributed by atoms with Crippen molar-refractivity contribution < 1.29 is 0 Å². The molecule has 0 spiro atoms. The summed E-state index contributed by atoms with van der Waals surface area (Å²) in [5, 5.41) is 3.44. The number of rotatable bonds is 4. The molecule has 1 aliphatic carbocycles. The Morgan fingerprint density at radius 3 is 2.40 bits per heavy atom. The molecular formula is C17H35N3. The molecule has 0 radical (unpaired) electrons. The molecule has 0 aromatic rings. The van der Waals surface area contributed by atoms with Crippen LogP contribution in [0.3, 0.4) is 0 Å². The Balaban J connectivity index is 1.84. The molecule has 2 fully saturated rings. The van der Waals surface area contributed by atoms with Gasteiger partial charge in [0.15, 0.2) is 0 Å². The summed E-state index contributed by atoms with van der Waals surface area (Å²) in [5.74, 6) is 0.865. The second-order valence-corrected chi connectivity index (χ2v) is 7.90. The largest absolute Gasteiger partial charge is 0.314 e. The monoisotopic (exact) mass is 281 g/mol. The Hall–Kier alpha value is -0.120. The minimum Gasteiger partial charge on any atom is -0.314 e. The third-order valence-corrected chi connectivity index (χ3v) is 5.39. The van der Waals surface area contributed by atoms with Crippen LogP contribution in [-0.4, -0.2) is 62.2 Å². The van der Waals surface area contributed by atoms with E-state index in [1.54, 1.807) is 0 Å². The third-order valence-electron chi connectivity index (χ3n) is 5.39.